The van der Waals surface area contributed by atoms with Crippen LogP contribution in [0.4, 0.5) is 4.39 Å². The molecule has 0 saturated heterocycles. The number of carbonyl (C=O) groups is 1. The number of hydrogen-bond donors (Lipinski definition) is 0. The van der Waals surface area contributed by atoms with E-state index in [1.54, 1.807) is 44.3 Å². The Morgan fingerprint density at radius 2 is 1.85 bits per heavy atom. The van der Waals surface area contributed by atoms with E-state index in [4.69, 9.17) is 23.2 Å². The Morgan fingerprint density at radius 1 is 1.19 bits per heavy atom. The van der Waals surface area contributed by atoms with Gasteiger partial charge >= 0.3 is 0 Å². The number of hydrogen-bond acceptors (Lipinski definition) is 3. The molecule has 1 aromatic heterocycles. The maximum Gasteiger partial charge on any atom is 0.293 e. The molecule has 8 heteroatoms. The van der Waals surface area contributed by atoms with Gasteiger partial charge in [0.05, 0.1) is 11.7 Å². The summed E-state index contributed by atoms with van der Waals surface area (Å²) < 4.78 is 14.6. The Kier molecular flexibility index (Phi) is 5.48. The largest absolute Gasteiger partial charge is 0.332 e. The predicted molar refractivity (Wildman–Crippen MR) is 103 cm³/mol. The molecule has 27 heavy (non-hydrogen) atoms. The maximum atomic E-state index is 13.1. The molecule has 3 aromatic rings. The summed E-state index contributed by atoms with van der Waals surface area (Å²) in [6.07, 6.45) is 0. The number of benzene rings is 2. The summed E-state index contributed by atoms with van der Waals surface area (Å²) in [5.41, 5.74) is 1.39. The average Bonchev–Trinajstić information content (AvgIpc) is 3.02. The summed E-state index contributed by atoms with van der Waals surface area (Å²) in [7, 11) is 1.66. The van der Waals surface area contributed by atoms with Crippen molar-refractivity contribution in [2.45, 2.75) is 19.9 Å². The number of nitrogens with zero attached hydrogens (tertiary/aromatic N) is 4. The van der Waals surface area contributed by atoms with Crippen LogP contribution in [0.25, 0.3) is 5.69 Å². The van der Waals surface area contributed by atoms with Crippen molar-refractivity contribution in [3.63, 3.8) is 0 Å². The van der Waals surface area contributed by atoms with Crippen molar-refractivity contribution in [2.24, 2.45) is 0 Å². The second-order valence-electron chi connectivity index (χ2n) is 6.13. The molecule has 0 fully saturated rings. The second-order valence-corrected chi connectivity index (χ2v) is 6.97. The Bertz CT molecular complexity index is 988. The van der Waals surface area contributed by atoms with Gasteiger partial charge < -0.3 is 4.90 Å². The van der Waals surface area contributed by atoms with E-state index in [0.29, 0.717) is 21.6 Å². The summed E-state index contributed by atoms with van der Waals surface area (Å²) in [5.74, 6) is -0.120. The molecule has 0 bridgehead atoms. The first-order chi connectivity index (χ1) is 12.8. The zero-order valence-electron chi connectivity index (χ0n) is 14.9. The molecule has 1 heterocycles. The monoisotopic (exact) mass is 406 g/mol. The van der Waals surface area contributed by atoms with Gasteiger partial charge in [0.15, 0.2) is 0 Å². The molecule has 1 unspecified atom stereocenters. The van der Waals surface area contributed by atoms with Crippen molar-refractivity contribution >= 4 is 29.1 Å². The van der Waals surface area contributed by atoms with Crippen LogP contribution in [0.1, 0.15) is 35.0 Å². The molecule has 0 saturated carbocycles. The smallest absolute Gasteiger partial charge is 0.293 e. The lowest BCUT2D eigenvalue weighted by Gasteiger charge is -2.25. The fourth-order valence-electron chi connectivity index (χ4n) is 2.69. The number of halogens is 3. The first-order valence-corrected chi connectivity index (χ1v) is 8.95. The third-order valence-corrected chi connectivity index (χ3v) is 4.91. The molecule has 0 spiro atoms. The minimum atomic E-state index is -0.350. The highest BCUT2D eigenvalue weighted by Crippen LogP contribution is 2.29. The maximum absolute atomic E-state index is 13.1. The van der Waals surface area contributed by atoms with E-state index in [0.717, 1.165) is 5.56 Å². The molecule has 0 aliphatic rings. The molecule has 5 nitrogen and oxygen atoms in total. The Morgan fingerprint density at radius 3 is 2.48 bits per heavy atom. The summed E-state index contributed by atoms with van der Waals surface area (Å²) in [6, 6.07) is 10.6. The van der Waals surface area contributed by atoms with Gasteiger partial charge in [0.25, 0.3) is 5.91 Å². The van der Waals surface area contributed by atoms with Gasteiger partial charge in [-0.3, -0.25) is 4.79 Å². The average molecular weight is 407 g/mol. The van der Waals surface area contributed by atoms with Crippen LogP contribution in [0.15, 0.2) is 42.5 Å². The summed E-state index contributed by atoms with van der Waals surface area (Å²) in [6.45, 7) is 3.59. The molecule has 0 radical (unpaired) electrons. The number of aromatic nitrogens is 3. The molecule has 2 aromatic carbocycles. The molecule has 1 atom stereocenters. The van der Waals surface area contributed by atoms with E-state index >= 15 is 0 Å². The van der Waals surface area contributed by atoms with E-state index in [2.05, 4.69) is 10.1 Å². The van der Waals surface area contributed by atoms with Gasteiger partial charge in [-0.1, -0.05) is 29.3 Å². The second kappa shape index (κ2) is 7.66. The van der Waals surface area contributed by atoms with Crippen molar-refractivity contribution in [3.05, 3.63) is 75.5 Å². The normalized spacial score (nSPS) is 12.1. The number of carbonyl (C=O) groups excluding carboxylic acids is 1. The fourth-order valence-corrected chi connectivity index (χ4v) is 3.26. The Balaban J connectivity index is 1.87. The van der Waals surface area contributed by atoms with Gasteiger partial charge in [-0.2, -0.15) is 0 Å². The van der Waals surface area contributed by atoms with Crippen LogP contribution in [0.5, 0.6) is 0 Å². The van der Waals surface area contributed by atoms with Crippen molar-refractivity contribution in [1.82, 2.24) is 19.7 Å². The van der Waals surface area contributed by atoms with Gasteiger partial charge in [-0.05, 0) is 55.8 Å². The SMILES string of the molecule is Cc1nc(C(=O)N(C)C(C)c2ccc(Cl)cc2Cl)nn1-c1ccc(F)cc1. The van der Waals surface area contributed by atoms with Gasteiger partial charge in [-0.15, -0.1) is 5.10 Å². The predicted octanol–water partition coefficient (Wildman–Crippen LogP) is 4.85. The van der Waals surface area contributed by atoms with Crippen molar-refractivity contribution in [1.29, 1.82) is 0 Å². The van der Waals surface area contributed by atoms with Crippen molar-refractivity contribution in [2.75, 3.05) is 7.05 Å². The molecule has 140 valence electrons. The molecule has 0 N–H and O–H groups in total. The highest BCUT2D eigenvalue weighted by molar-refractivity contribution is 6.35. The summed E-state index contributed by atoms with van der Waals surface area (Å²) in [4.78, 5) is 18.6. The van der Waals surface area contributed by atoms with Crippen LogP contribution in [-0.2, 0) is 0 Å². The lowest BCUT2D eigenvalue weighted by molar-refractivity contribution is 0.0730. The Labute approximate surface area is 166 Å². The van der Waals surface area contributed by atoms with Crippen LogP contribution in [0.2, 0.25) is 10.0 Å². The van der Waals surface area contributed by atoms with Crippen molar-refractivity contribution in [3.8, 4) is 5.69 Å². The summed E-state index contributed by atoms with van der Waals surface area (Å²) >= 11 is 12.2. The van der Waals surface area contributed by atoms with Gasteiger partial charge in [0, 0.05) is 17.1 Å². The molecule has 3 rings (SSSR count). The summed E-state index contributed by atoms with van der Waals surface area (Å²) in [5, 5.41) is 5.29. The van der Waals surface area contributed by atoms with Crippen molar-refractivity contribution < 1.29 is 9.18 Å². The standard InChI is InChI=1S/C19H17Cl2FN4O/c1-11(16-9-4-13(20)10-17(16)21)25(3)19(27)18-23-12(2)26(24-18)15-7-5-14(22)6-8-15/h4-11H,1-3H3. The zero-order chi connectivity index (χ0) is 19.7. The third kappa shape index (κ3) is 3.96. The topological polar surface area (TPSA) is 51.0 Å². The number of rotatable bonds is 4. The molecule has 0 aliphatic heterocycles. The molecule has 1 amide bonds. The minimum absolute atomic E-state index is 0.0521. The fraction of sp³-hybridized carbons (Fsp3) is 0.211. The van der Waals surface area contributed by atoms with E-state index < -0.39 is 0 Å². The lowest BCUT2D eigenvalue weighted by Crippen LogP contribution is -2.30. The Hall–Kier alpha value is -2.44. The van der Waals surface area contributed by atoms with Crippen LogP contribution >= 0.6 is 23.2 Å². The van der Waals surface area contributed by atoms with E-state index in [1.807, 2.05) is 6.92 Å². The highest BCUT2D eigenvalue weighted by atomic mass is 35.5. The molecule has 0 aliphatic carbocycles. The van der Waals surface area contributed by atoms with Gasteiger partial charge in [-0.25, -0.2) is 14.1 Å². The van der Waals surface area contributed by atoms with E-state index in [9.17, 15) is 9.18 Å². The lowest BCUT2D eigenvalue weighted by atomic mass is 10.1. The number of amides is 1. The van der Waals surface area contributed by atoms with Gasteiger partial charge in [0.1, 0.15) is 11.6 Å². The van der Waals surface area contributed by atoms with E-state index in [1.165, 1.54) is 21.7 Å². The van der Waals surface area contributed by atoms with Crippen LogP contribution in [0, 0.1) is 12.7 Å². The minimum Gasteiger partial charge on any atom is -0.332 e. The van der Waals surface area contributed by atoms with Crippen LogP contribution in [-0.4, -0.2) is 32.6 Å². The quantitative estimate of drug-likeness (QED) is 0.621. The zero-order valence-corrected chi connectivity index (χ0v) is 16.5. The number of aryl methyl sites for hydroxylation is 1. The van der Waals surface area contributed by atoms with Crippen LogP contribution in [0.3, 0.4) is 0 Å². The van der Waals surface area contributed by atoms with Crippen LogP contribution < -0.4 is 0 Å². The first kappa shape index (κ1) is 19.3. The highest BCUT2D eigenvalue weighted by Gasteiger charge is 2.25. The van der Waals surface area contributed by atoms with Gasteiger partial charge in [0.2, 0.25) is 5.82 Å². The molecular formula is C19H17Cl2FN4O. The first-order valence-electron chi connectivity index (χ1n) is 8.19. The third-order valence-electron chi connectivity index (χ3n) is 4.35. The molecular weight excluding hydrogens is 390 g/mol. The van der Waals surface area contributed by atoms with E-state index in [-0.39, 0.29) is 23.6 Å².